The second kappa shape index (κ2) is 3.50. The number of hydrogen-bond acceptors (Lipinski definition) is 0. The van der Waals surface area contributed by atoms with Gasteiger partial charge in [-0.3, -0.25) is 0 Å². The summed E-state index contributed by atoms with van der Waals surface area (Å²) in [4.78, 5) is 0.436. The molecule has 0 amide bonds. The highest BCUT2D eigenvalue weighted by molar-refractivity contribution is 14.1. The van der Waals surface area contributed by atoms with E-state index in [2.05, 4.69) is 22.6 Å². The fourth-order valence-corrected chi connectivity index (χ4v) is 0. The zero-order valence-corrected chi connectivity index (χ0v) is 6.01. The van der Waals surface area contributed by atoms with Crippen molar-refractivity contribution >= 4 is 45.8 Å². The summed E-state index contributed by atoms with van der Waals surface area (Å²) in [5, 5.41) is 0. The van der Waals surface area contributed by atoms with Gasteiger partial charge in [0.1, 0.15) is 0 Å². The van der Waals surface area contributed by atoms with Crippen LogP contribution in [-0.4, -0.2) is 4.43 Å². The molecule has 0 aliphatic heterocycles. The minimum atomic E-state index is 0.436. The molecule has 0 N–H and O–H groups in total. The van der Waals surface area contributed by atoms with Gasteiger partial charge in [-0.15, -0.1) is 0 Å². The topological polar surface area (TPSA) is 0 Å². The summed E-state index contributed by atoms with van der Waals surface area (Å²) in [6, 6.07) is 0. The number of rotatable bonds is 1. The molecular formula is C2H2Cl2I. The molecule has 0 aliphatic rings. The number of alkyl halides is 1. The molecule has 3 heteroatoms. The first-order chi connectivity index (χ1) is 2.27. The van der Waals surface area contributed by atoms with E-state index in [0.717, 1.165) is 4.43 Å². The van der Waals surface area contributed by atoms with Gasteiger partial charge in [0, 0.05) is 4.43 Å². The molecule has 0 aromatic carbocycles. The maximum atomic E-state index is 5.14. The molecule has 0 aromatic heterocycles. The van der Waals surface area contributed by atoms with Crippen molar-refractivity contribution in [2.45, 2.75) is 0 Å². The summed E-state index contributed by atoms with van der Waals surface area (Å²) < 4.78 is 0.723. The third-order valence-electron chi connectivity index (χ3n) is 0.101. The van der Waals surface area contributed by atoms with Gasteiger partial charge in [-0.05, 0) is 0 Å². The van der Waals surface area contributed by atoms with Crippen LogP contribution in [0.4, 0.5) is 0 Å². The van der Waals surface area contributed by atoms with Gasteiger partial charge in [-0.1, -0.05) is 45.8 Å². The monoisotopic (exact) mass is 223 g/mol. The van der Waals surface area contributed by atoms with E-state index in [0.29, 0.717) is 4.84 Å². The Bertz CT molecular complexity index is 21.6. The average molecular weight is 224 g/mol. The Hall–Kier alpha value is 1.31. The van der Waals surface area contributed by atoms with Crippen molar-refractivity contribution in [2.24, 2.45) is 0 Å². The summed E-state index contributed by atoms with van der Waals surface area (Å²) in [5.41, 5.74) is 0. The number of halogens is 3. The van der Waals surface area contributed by atoms with E-state index in [1.54, 1.807) is 0 Å². The normalized spacial score (nSPS) is 9.60. The zero-order chi connectivity index (χ0) is 4.28. The first-order valence-electron chi connectivity index (χ1n) is 0.999. The van der Waals surface area contributed by atoms with Crippen molar-refractivity contribution in [1.29, 1.82) is 0 Å². The van der Waals surface area contributed by atoms with Crippen LogP contribution in [-0.2, 0) is 0 Å². The fourth-order valence-electron chi connectivity index (χ4n) is 0. The smallest absolute Gasteiger partial charge is 0.0974 e. The van der Waals surface area contributed by atoms with Gasteiger partial charge < -0.3 is 0 Å². The van der Waals surface area contributed by atoms with Crippen molar-refractivity contribution < 1.29 is 0 Å². The van der Waals surface area contributed by atoms with Crippen molar-refractivity contribution in [3.8, 4) is 0 Å². The molecule has 0 aromatic rings. The van der Waals surface area contributed by atoms with Gasteiger partial charge in [0.25, 0.3) is 0 Å². The minimum Gasteiger partial charge on any atom is -0.0974 e. The Balaban J connectivity index is 2.54. The van der Waals surface area contributed by atoms with Gasteiger partial charge >= 0.3 is 0 Å². The third kappa shape index (κ3) is 5.31. The van der Waals surface area contributed by atoms with Gasteiger partial charge in [0.05, 0.1) is 0 Å². The van der Waals surface area contributed by atoms with E-state index in [1.165, 1.54) is 0 Å². The molecule has 0 rings (SSSR count). The van der Waals surface area contributed by atoms with Crippen LogP contribution in [0.3, 0.4) is 0 Å². The maximum absolute atomic E-state index is 5.14. The third-order valence-corrected chi connectivity index (χ3v) is 2.03. The molecule has 0 atom stereocenters. The summed E-state index contributed by atoms with van der Waals surface area (Å²) in [5.74, 6) is 0. The van der Waals surface area contributed by atoms with Gasteiger partial charge in [0.2, 0.25) is 0 Å². The highest BCUT2D eigenvalue weighted by atomic mass is 127. The van der Waals surface area contributed by atoms with Gasteiger partial charge in [-0.25, -0.2) is 0 Å². The van der Waals surface area contributed by atoms with Gasteiger partial charge in [-0.2, -0.15) is 0 Å². The predicted molar refractivity (Wildman–Crippen MR) is 33.8 cm³/mol. The average Bonchev–Trinajstić information content (AvgIpc) is 1.38. The second-order valence-corrected chi connectivity index (χ2v) is 2.34. The molecule has 0 aliphatic carbocycles. The lowest BCUT2D eigenvalue weighted by Gasteiger charge is -1.80. The van der Waals surface area contributed by atoms with E-state index in [9.17, 15) is 0 Å². The van der Waals surface area contributed by atoms with E-state index in [1.807, 2.05) is 0 Å². The van der Waals surface area contributed by atoms with Crippen molar-refractivity contribution in [3.63, 3.8) is 0 Å². The van der Waals surface area contributed by atoms with Crippen LogP contribution >= 0.6 is 45.8 Å². The first kappa shape index (κ1) is 6.31. The Morgan fingerprint density at radius 2 is 1.80 bits per heavy atom. The lowest BCUT2D eigenvalue weighted by molar-refractivity contribution is 1.72. The molecule has 0 bridgehead atoms. The summed E-state index contributed by atoms with van der Waals surface area (Å²) in [6.45, 7) is 0. The Labute approximate surface area is 55.0 Å². The van der Waals surface area contributed by atoms with Crippen LogP contribution in [0, 0.1) is 4.84 Å². The molecule has 31 valence electrons. The van der Waals surface area contributed by atoms with E-state index in [-0.39, 0.29) is 0 Å². The maximum Gasteiger partial charge on any atom is 0.160 e. The SMILES string of the molecule is Cl[C](Cl)CI. The lowest BCUT2D eigenvalue weighted by Crippen LogP contribution is -1.68. The van der Waals surface area contributed by atoms with Crippen LogP contribution in [0.1, 0.15) is 0 Å². The molecule has 0 unspecified atom stereocenters. The molecule has 0 saturated heterocycles. The molecule has 0 nitrogen and oxygen atoms in total. The predicted octanol–water partition coefficient (Wildman–Crippen LogP) is 2.39. The fraction of sp³-hybridized carbons (Fsp3) is 0.500. The summed E-state index contributed by atoms with van der Waals surface area (Å²) in [6.07, 6.45) is 0. The van der Waals surface area contributed by atoms with Crippen molar-refractivity contribution in [1.82, 2.24) is 0 Å². The van der Waals surface area contributed by atoms with Crippen molar-refractivity contribution in [2.75, 3.05) is 4.43 Å². The van der Waals surface area contributed by atoms with Crippen LogP contribution in [0.2, 0.25) is 0 Å². The Kier molecular flexibility index (Phi) is 4.41. The Morgan fingerprint density at radius 3 is 1.80 bits per heavy atom. The molecule has 0 spiro atoms. The largest absolute Gasteiger partial charge is 0.160 e. The lowest BCUT2D eigenvalue weighted by atomic mass is 11.0. The standard InChI is InChI=1S/C2H2Cl2I/c3-2(4)1-5/h1H2. The van der Waals surface area contributed by atoms with Crippen LogP contribution < -0.4 is 0 Å². The zero-order valence-electron chi connectivity index (χ0n) is 2.34. The number of hydrogen-bond donors (Lipinski definition) is 0. The van der Waals surface area contributed by atoms with E-state index >= 15 is 0 Å². The van der Waals surface area contributed by atoms with Crippen LogP contribution in [0.5, 0.6) is 0 Å². The van der Waals surface area contributed by atoms with E-state index in [4.69, 9.17) is 23.2 Å². The second-order valence-electron chi connectivity index (χ2n) is 0.472. The molecular weight excluding hydrogens is 222 g/mol. The highest BCUT2D eigenvalue weighted by Crippen LogP contribution is 2.13. The van der Waals surface area contributed by atoms with E-state index < -0.39 is 0 Å². The highest BCUT2D eigenvalue weighted by Gasteiger charge is 1.90. The van der Waals surface area contributed by atoms with Crippen LogP contribution in [0.25, 0.3) is 0 Å². The molecule has 0 fully saturated rings. The molecule has 1 radical (unpaired) electrons. The van der Waals surface area contributed by atoms with Crippen LogP contribution in [0.15, 0.2) is 0 Å². The summed E-state index contributed by atoms with van der Waals surface area (Å²) in [7, 11) is 0. The summed E-state index contributed by atoms with van der Waals surface area (Å²) >= 11 is 12.4. The van der Waals surface area contributed by atoms with Gasteiger partial charge in [0.15, 0.2) is 4.84 Å². The Morgan fingerprint density at radius 1 is 1.60 bits per heavy atom. The molecule has 5 heavy (non-hydrogen) atoms. The molecule has 0 saturated carbocycles. The minimum absolute atomic E-state index is 0.436. The van der Waals surface area contributed by atoms with Crippen molar-refractivity contribution in [3.05, 3.63) is 4.84 Å². The first-order valence-corrected chi connectivity index (χ1v) is 3.28. The quantitative estimate of drug-likeness (QED) is 0.473. The molecule has 0 heterocycles.